The van der Waals surface area contributed by atoms with Gasteiger partial charge in [0, 0.05) is 7.11 Å². The lowest BCUT2D eigenvalue weighted by molar-refractivity contribution is -0.408. The Labute approximate surface area is 92.2 Å². The zero-order valence-electron chi connectivity index (χ0n) is 8.18. The van der Waals surface area contributed by atoms with Crippen molar-refractivity contribution in [3.8, 4) is 0 Å². The number of hydrogen-bond donors (Lipinski definition) is 1. The molecule has 0 spiro atoms. The molecule has 0 saturated heterocycles. The van der Waals surface area contributed by atoms with Crippen molar-refractivity contribution in [2.45, 2.75) is 30.4 Å². The molecule has 0 amide bonds. The molecule has 0 saturated carbocycles. The van der Waals surface area contributed by atoms with Gasteiger partial charge < -0.3 is 5.11 Å². The second-order valence-electron chi connectivity index (χ2n) is 2.57. The van der Waals surface area contributed by atoms with Crippen LogP contribution >= 0.6 is 0 Å². The molecule has 0 fully saturated rings. The molecule has 0 unspecified atom stereocenters. The van der Waals surface area contributed by atoms with Gasteiger partial charge >= 0.3 is 30.4 Å². The van der Waals surface area contributed by atoms with Crippen LogP contribution in [0.15, 0.2) is 0 Å². The van der Waals surface area contributed by atoms with E-state index in [4.69, 9.17) is 5.11 Å². The van der Waals surface area contributed by atoms with Crippen LogP contribution in [0, 0.1) is 0 Å². The van der Waals surface area contributed by atoms with Crippen molar-refractivity contribution in [3.63, 3.8) is 0 Å². The molecule has 0 rings (SSSR count). The summed E-state index contributed by atoms with van der Waals surface area (Å²) in [5, 5.41) is 7.00. The Morgan fingerprint density at radius 1 is 0.667 bits per heavy atom. The fourth-order valence-corrected chi connectivity index (χ4v) is 0.524. The Morgan fingerprint density at radius 3 is 1.11 bits per heavy atom. The van der Waals surface area contributed by atoms with Crippen LogP contribution in [0.2, 0.25) is 0 Å². The summed E-state index contributed by atoms with van der Waals surface area (Å²) in [4.78, 5) is 0. The summed E-state index contributed by atoms with van der Waals surface area (Å²) >= 11 is 0. The largest absolute Gasteiger partial charge is 0.460 e. The zero-order valence-corrected chi connectivity index (χ0v) is 8.18. The number of rotatable bonds is 3. The Morgan fingerprint density at radius 2 is 0.944 bits per heavy atom. The first-order valence-electron chi connectivity index (χ1n) is 3.62. The molecule has 0 bridgehead atoms. The molecule has 0 aromatic rings. The molecule has 0 aliphatic rings. The third kappa shape index (κ3) is 2.95. The molecule has 112 valence electrons. The number of aliphatic hydroxyl groups excluding tert-OH is 1. The topological polar surface area (TPSA) is 20.2 Å². The summed E-state index contributed by atoms with van der Waals surface area (Å²) in [7, 11) is 1.00. The number of aliphatic hydroxyl groups is 1. The highest BCUT2D eigenvalue weighted by Crippen LogP contribution is 2.54. The third-order valence-corrected chi connectivity index (χ3v) is 1.44. The summed E-state index contributed by atoms with van der Waals surface area (Å²) in [6.45, 7) is 0. The van der Waals surface area contributed by atoms with Gasteiger partial charge in [-0.2, -0.15) is 39.5 Å². The van der Waals surface area contributed by atoms with Crippen molar-refractivity contribution < 1.29 is 53.4 Å². The lowest BCUT2D eigenvalue weighted by atomic mass is 10.0. The molecule has 1 N–H and O–H groups in total. The quantitative estimate of drug-likeness (QED) is 0.793. The van der Waals surface area contributed by atoms with Crippen LogP contribution in [0.3, 0.4) is 0 Å². The van der Waals surface area contributed by atoms with Crippen LogP contribution in [0.4, 0.5) is 48.3 Å². The summed E-state index contributed by atoms with van der Waals surface area (Å²) in [6, 6.07) is 0. The van der Waals surface area contributed by atoms with Gasteiger partial charge in [-0.1, -0.05) is 0 Å². The maximum absolute atomic E-state index is 12.0. The van der Waals surface area contributed by atoms with E-state index in [2.05, 4.69) is 0 Å². The first-order chi connectivity index (χ1) is 7.69. The lowest BCUT2D eigenvalue weighted by Gasteiger charge is -2.32. The van der Waals surface area contributed by atoms with Crippen LogP contribution in [0.1, 0.15) is 0 Å². The molecule has 0 heterocycles. The van der Waals surface area contributed by atoms with E-state index in [9.17, 15) is 48.3 Å². The fourth-order valence-electron chi connectivity index (χ4n) is 0.524. The SMILES string of the molecule is CO.FC(F)C(F)(F)C(F)(F)C(F)(F)C(F)(F)F. The van der Waals surface area contributed by atoms with E-state index in [1.54, 1.807) is 0 Å². The van der Waals surface area contributed by atoms with Crippen LogP contribution in [0.25, 0.3) is 0 Å². The zero-order chi connectivity index (χ0) is 15.6. The minimum atomic E-state index is -7.26. The Bertz CT molecular complexity index is 255. The number of alkyl halides is 11. The van der Waals surface area contributed by atoms with Gasteiger partial charge in [-0.3, -0.25) is 0 Å². The molecule has 18 heavy (non-hydrogen) atoms. The van der Waals surface area contributed by atoms with Gasteiger partial charge in [-0.15, -0.1) is 0 Å². The molecule has 0 aromatic heterocycles. The number of hydrogen-bond acceptors (Lipinski definition) is 1. The van der Waals surface area contributed by atoms with E-state index >= 15 is 0 Å². The predicted molar refractivity (Wildman–Crippen MR) is 35.0 cm³/mol. The molecule has 0 atom stereocenters. The molecular weight excluding hydrogens is 297 g/mol. The average molecular weight is 302 g/mol. The third-order valence-electron chi connectivity index (χ3n) is 1.44. The van der Waals surface area contributed by atoms with Crippen LogP contribution in [-0.4, -0.2) is 42.6 Å². The van der Waals surface area contributed by atoms with E-state index in [0.717, 1.165) is 7.11 Å². The highest BCUT2D eigenvalue weighted by Gasteiger charge is 2.83. The van der Waals surface area contributed by atoms with Gasteiger partial charge in [-0.25, -0.2) is 8.78 Å². The van der Waals surface area contributed by atoms with Crippen molar-refractivity contribution in [2.24, 2.45) is 0 Å². The lowest BCUT2D eigenvalue weighted by Crippen LogP contribution is -2.63. The minimum Gasteiger partial charge on any atom is -0.400 e. The Kier molecular flexibility index (Phi) is 5.91. The molecule has 0 aliphatic carbocycles. The van der Waals surface area contributed by atoms with E-state index in [0.29, 0.717) is 0 Å². The summed E-state index contributed by atoms with van der Waals surface area (Å²) in [6.07, 6.45) is -12.4. The van der Waals surface area contributed by atoms with Crippen LogP contribution in [-0.2, 0) is 0 Å². The smallest absolute Gasteiger partial charge is 0.400 e. The standard InChI is InChI=1S/C5HF11.CH4O/c6-1(7)2(8,9)3(10,11)4(12,13)5(14,15)16;1-2/h1H;2H,1H3. The molecule has 0 radical (unpaired) electrons. The van der Waals surface area contributed by atoms with Gasteiger partial charge in [0.05, 0.1) is 0 Å². The molecule has 12 heteroatoms. The van der Waals surface area contributed by atoms with Crippen molar-refractivity contribution in [1.29, 1.82) is 0 Å². The molecule has 0 aliphatic heterocycles. The van der Waals surface area contributed by atoms with Crippen molar-refractivity contribution >= 4 is 0 Å². The molecular formula is C6H5F11O. The number of halogens is 11. The van der Waals surface area contributed by atoms with Gasteiger partial charge in [0.2, 0.25) is 0 Å². The van der Waals surface area contributed by atoms with Crippen molar-refractivity contribution in [2.75, 3.05) is 7.11 Å². The normalized spacial score (nSPS) is 14.3. The maximum atomic E-state index is 12.0. The Hall–Kier alpha value is -0.810. The van der Waals surface area contributed by atoms with Gasteiger partial charge in [0.15, 0.2) is 0 Å². The van der Waals surface area contributed by atoms with Crippen molar-refractivity contribution in [1.82, 2.24) is 0 Å². The van der Waals surface area contributed by atoms with Gasteiger partial charge in [0.1, 0.15) is 0 Å². The van der Waals surface area contributed by atoms with Gasteiger partial charge in [-0.05, 0) is 0 Å². The highest BCUT2D eigenvalue weighted by atomic mass is 19.4. The second-order valence-corrected chi connectivity index (χ2v) is 2.57. The first-order valence-corrected chi connectivity index (χ1v) is 3.62. The first kappa shape index (κ1) is 19.5. The maximum Gasteiger partial charge on any atom is 0.460 e. The highest BCUT2D eigenvalue weighted by molar-refractivity contribution is 5.01. The van der Waals surface area contributed by atoms with Crippen LogP contribution in [0.5, 0.6) is 0 Å². The van der Waals surface area contributed by atoms with E-state index in [1.165, 1.54) is 0 Å². The van der Waals surface area contributed by atoms with E-state index in [-0.39, 0.29) is 0 Å². The summed E-state index contributed by atoms with van der Waals surface area (Å²) in [5.41, 5.74) is 0. The summed E-state index contributed by atoms with van der Waals surface area (Å²) < 4.78 is 128. The Balaban J connectivity index is 0. The van der Waals surface area contributed by atoms with Gasteiger partial charge in [0.25, 0.3) is 0 Å². The second kappa shape index (κ2) is 5.45. The monoisotopic (exact) mass is 302 g/mol. The molecule has 1 nitrogen and oxygen atoms in total. The minimum absolute atomic E-state index is 1.00. The fraction of sp³-hybridized carbons (Fsp3) is 1.00. The summed E-state index contributed by atoms with van der Waals surface area (Å²) in [5.74, 6) is -21.3. The van der Waals surface area contributed by atoms with E-state index < -0.39 is 30.4 Å². The molecule has 0 aromatic carbocycles. The average Bonchev–Trinajstić information content (AvgIpc) is 2.18. The predicted octanol–water partition coefficient (Wildman–Crippen LogP) is 3.33. The van der Waals surface area contributed by atoms with Crippen LogP contribution < -0.4 is 0 Å². The van der Waals surface area contributed by atoms with Crippen molar-refractivity contribution in [3.05, 3.63) is 0 Å². The van der Waals surface area contributed by atoms with E-state index in [1.807, 2.05) is 0 Å².